The fourth-order valence-electron chi connectivity index (χ4n) is 4.39. The lowest BCUT2D eigenvalue weighted by Gasteiger charge is -2.52. The van der Waals surface area contributed by atoms with E-state index < -0.39 is 11.2 Å². The summed E-state index contributed by atoms with van der Waals surface area (Å²) in [4.78, 5) is 14.6. The Kier molecular flexibility index (Phi) is 5.09. The third kappa shape index (κ3) is 3.89. The molecule has 146 valence electrons. The summed E-state index contributed by atoms with van der Waals surface area (Å²) in [5.41, 5.74) is -0.680. The van der Waals surface area contributed by atoms with Crippen LogP contribution in [0.15, 0.2) is 18.2 Å². The summed E-state index contributed by atoms with van der Waals surface area (Å²) >= 11 is 0. The molecular weight excluding hydrogens is 344 g/mol. The van der Waals surface area contributed by atoms with Crippen LogP contribution in [0.25, 0.3) is 0 Å². The molecule has 0 aliphatic carbocycles. The van der Waals surface area contributed by atoms with Gasteiger partial charge < -0.3 is 19.5 Å². The number of nitrogens with zero attached hydrogens (tertiary/aromatic N) is 2. The number of rotatable bonds is 2. The van der Waals surface area contributed by atoms with E-state index in [4.69, 9.17) is 9.47 Å². The predicted molar refractivity (Wildman–Crippen MR) is 100 cm³/mol. The smallest absolute Gasteiger partial charge is 0.410 e. The van der Waals surface area contributed by atoms with Gasteiger partial charge in [0.15, 0.2) is 0 Å². The van der Waals surface area contributed by atoms with Crippen molar-refractivity contribution in [1.29, 1.82) is 5.26 Å². The van der Waals surface area contributed by atoms with Crippen LogP contribution >= 0.6 is 0 Å². The number of carbonyl (C=O) groups excluding carboxylic acids is 1. The van der Waals surface area contributed by atoms with Gasteiger partial charge in [0.25, 0.3) is 0 Å². The van der Waals surface area contributed by atoms with Gasteiger partial charge >= 0.3 is 6.09 Å². The minimum absolute atomic E-state index is 0.102. The molecule has 1 aromatic rings. The lowest BCUT2D eigenvalue weighted by atomic mass is 9.71. The lowest BCUT2D eigenvalue weighted by molar-refractivity contribution is -0.0966. The number of nitriles is 1. The van der Waals surface area contributed by atoms with Crippen LogP contribution in [0.4, 0.5) is 4.79 Å². The highest BCUT2D eigenvalue weighted by atomic mass is 16.6. The molecule has 2 aliphatic rings. The van der Waals surface area contributed by atoms with Crippen LogP contribution in [0.1, 0.15) is 64.0 Å². The van der Waals surface area contributed by atoms with Crippen molar-refractivity contribution in [3.63, 3.8) is 0 Å². The second-order valence-corrected chi connectivity index (χ2v) is 8.59. The zero-order valence-electron chi connectivity index (χ0n) is 16.5. The van der Waals surface area contributed by atoms with Crippen LogP contribution < -0.4 is 4.74 Å². The van der Waals surface area contributed by atoms with E-state index in [0.29, 0.717) is 29.7 Å². The summed E-state index contributed by atoms with van der Waals surface area (Å²) in [5.74, 6) is 0.608. The van der Waals surface area contributed by atoms with Crippen molar-refractivity contribution in [1.82, 2.24) is 4.90 Å². The monoisotopic (exact) mass is 372 g/mol. The van der Waals surface area contributed by atoms with Gasteiger partial charge in [-0.25, -0.2) is 4.79 Å². The highest BCUT2D eigenvalue weighted by molar-refractivity contribution is 5.69. The number of benzene rings is 1. The molecule has 0 saturated carbocycles. The summed E-state index contributed by atoms with van der Waals surface area (Å²) in [6.07, 6.45) is 3.14. The Hall–Kier alpha value is -2.26. The molecule has 2 atom stereocenters. The van der Waals surface area contributed by atoms with Crippen molar-refractivity contribution in [2.45, 2.75) is 76.2 Å². The molecule has 1 aromatic carbocycles. The predicted octanol–water partition coefficient (Wildman–Crippen LogP) is 3.71. The highest BCUT2D eigenvalue weighted by Crippen LogP contribution is 2.46. The van der Waals surface area contributed by atoms with Crippen LogP contribution in [0.5, 0.6) is 5.75 Å². The SMILES string of the molecule is COc1ccc(C#N)c(C2(O)CC3CCCC(C2)N3C(=O)OC(C)(C)C)c1. The molecule has 2 aliphatic heterocycles. The molecule has 0 aromatic heterocycles. The van der Waals surface area contributed by atoms with E-state index in [1.807, 2.05) is 25.7 Å². The summed E-state index contributed by atoms with van der Waals surface area (Å²) in [6, 6.07) is 7.13. The van der Waals surface area contributed by atoms with Gasteiger partial charge in [0.2, 0.25) is 0 Å². The molecule has 1 amide bonds. The van der Waals surface area contributed by atoms with Gasteiger partial charge in [-0.15, -0.1) is 0 Å². The van der Waals surface area contributed by atoms with Crippen molar-refractivity contribution in [2.75, 3.05) is 7.11 Å². The number of hydrogen-bond donors (Lipinski definition) is 1. The molecular formula is C21H28N2O4. The fourth-order valence-corrected chi connectivity index (χ4v) is 4.39. The highest BCUT2D eigenvalue weighted by Gasteiger charge is 2.49. The quantitative estimate of drug-likeness (QED) is 0.856. The summed E-state index contributed by atoms with van der Waals surface area (Å²) in [5, 5.41) is 21.0. The fraction of sp³-hybridized carbons (Fsp3) is 0.619. The summed E-state index contributed by atoms with van der Waals surface area (Å²) in [7, 11) is 1.56. The van der Waals surface area contributed by atoms with Crippen LogP contribution in [-0.4, -0.2) is 40.9 Å². The van der Waals surface area contributed by atoms with Crippen molar-refractivity contribution in [3.05, 3.63) is 29.3 Å². The number of methoxy groups -OCH3 is 1. The minimum Gasteiger partial charge on any atom is -0.497 e. The van der Waals surface area contributed by atoms with E-state index in [1.165, 1.54) is 0 Å². The first-order valence-electron chi connectivity index (χ1n) is 9.49. The number of ether oxygens (including phenoxy) is 2. The molecule has 1 N–H and O–H groups in total. The first-order valence-corrected chi connectivity index (χ1v) is 9.49. The Morgan fingerprint density at radius 3 is 2.44 bits per heavy atom. The number of fused-ring (bicyclic) bond motifs is 2. The summed E-state index contributed by atoms with van der Waals surface area (Å²) in [6.45, 7) is 5.57. The van der Waals surface area contributed by atoms with Crippen LogP contribution in [0.3, 0.4) is 0 Å². The van der Waals surface area contributed by atoms with Crippen molar-refractivity contribution in [2.24, 2.45) is 0 Å². The van der Waals surface area contributed by atoms with E-state index >= 15 is 0 Å². The van der Waals surface area contributed by atoms with E-state index in [-0.39, 0.29) is 18.2 Å². The zero-order chi connectivity index (χ0) is 19.8. The topological polar surface area (TPSA) is 82.8 Å². The number of hydrogen-bond acceptors (Lipinski definition) is 5. The van der Waals surface area contributed by atoms with E-state index in [2.05, 4.69) is 6.07 Å². The molecule has 2 fully saturated rings. The van der Waals surface area contributed by atoms with Crippen molar-refractivity contribution >= 4 is 6.09 Å². The zero-order valence-corrected chi connectivity index (χ0v) is 16.5. The molecule has 3 rings (SSSR count). The number of piperidine rings is 2. The molecule has 2 bridgehead atoms. The average Bonchev–Trinajstić information content (AvgIpc) is 2.58. The van der Waals surface area contributed by atoms with E-state index in [0.717, 1.165) is 19.3 Å². The molecule has 2 saturated heterocycles. The van der Waals surface area contributed by atoms with Crippen molar-refractivity contribution in [3.8, 4) is 11.8 Å². The van der Waals surface area contributed by atoms with Crippen LogP contribution in [0.2, 0.25) is 0 Å². The van der Waals surface area contributed by atoms with Gasteiger partial charge in [-0.05, 0) is 58.2 Å². The van der Waals surface area contributed by atoms with E-state index in [1.54, 1.807) is 25.3 Å². The number of carbonyl (C=O) groups is 1. The third-order valence-corrected chi connectivity index (χ3v) is 5.46. The molecule has 2 unspecified atom stereocenters. The van der Waals surface area contributed by atoms with Gasteiger partial charge in [0.05, 0.1) is 24.3 Å². The second kappa shape index (κ2) is 7.05. The molecule has 2 heterocycles. The number of amides is 1. The van der Waals surface area contributed by atoms with Gasteiger partial charge in [-0.2, -0.15) is 5.26 Å². The minimum atomic E-state index is -1.16. The Labute approximate surface area is 160 Å². The molecule has 27 heavy (non-hydrogen) atoms. The normalized spacial score (nSPS) is 27.6. The maximum atomic E-state index is 12.7. The third-order valence-electron chi connectivity index (χ3n) is 5.46. The maximum absolute atomic E-state index is 12.7. The number of aliphatic hydroxyl groups is 1. The second-order valence-electron chi connectivity index (χ2n) is 8.59. The van der Waals surface area contributed by atoms with Crippen LogP contribution in [0, 0.1) is 11.3 Å². The van der Waals surface area contributed by atoms with Gasteiger partial charge in [-0.1, -0.05) is 0 Å². The molecule has 6 heteroatoms. The Morgan fingerprint density at radius 1 is 1.30 bits per heavy atom. The molecule has 0 spiro atoms. The van der Waals surface area contributed by atoms with Crippen LogP contribution in [-0.2, 0) is 10.3 Å². The molecule has 0 radical (unpaired) electrons. The Balaban J connectivity index is 1.92. The lowest BCUT2D eigenvalue weighted by Crippen LogP contribution is -2.59. The van der Waals surface area contributed by atoms with E-state index in [9.17, 15) is 15.2 Å². The first kappa shape index (κ1) is 19.5. The van der Waals surface area contributed by atoms with Crippen molar-refractivity contribution < 1.29 is 19.4 Å². The average molecular weight is 372 g/mol. The largest absolute Gasteiger partial charge is 0.497 e. The Bertz CT molecular complexity index is 748. The maximum Gasteiger partial charge on any atom is 0.410 e. The molecule has 6 nitrogen and oxygen atoms in total. The first-order chi connectivity index (χ1) is 12.7. The standard InChI is InChI=1S/C21H28N2O4/c1-20(2,3)27-19(24)23-15-6-5-7-16(23)12-21(25,11-15)18-10-17(26-4)9-8-14(18)13-22/h8-10,15-16,25H,5-7,11-12H2,1-4H3. The summed E-state index contributed by atoms with van der Waals surface area (Å²) < 4.78 is 10.9. The van der Waals surface area contributed by atoms with Gasteiger partial charge in [0.1, 0.15) is 11.4 Å². The van der Waals surface area contributed by atoms with Gasteiger partial charge in [-0.3, -0.25) is 0 Å². The van der Waals surface area contributed by atoms with Gasteiger partial charge in [0, 0.05) is 30.5 Å². The Morgan fingerprint density at radius 2 is 1.93 bits per heavy atom.